The molecular weight excluding hydrogens is 549 g/mol. The van der Waals surface area contributed by atoms with Gasteiger partial charge in [-0.15, -0.1) is 0 Å². The number of aliphatic hydroxyl groups excluding tert-OH is 1. The summed E-state index contributed by atoms with van der Waals surface area (Å²) in [6.07, 6.45) is 8.76. The highest BCUT2D eigenvalue weighted by Crippen LogP contribution is 2.29. The number of hydrogen-bond acceptors (Lipinski definition) is 7. The molecule has 2 aliphatic rings. The predicted molar refractivity (Wildman–Crippen MR) is 168 cm³/mol. The first-order chi connectivity index (χ1) is 20.5. The van der Waals surface area contributed by atoms with Crippen molar-refractivity contribution in [3.63, 3.8) is 0 Å². The Morgan fingerprint density at radius 3 is 2.44 bits per heavy atom. The van der Waals surface area contributed by atoms with Crippen LogP contribution < -0.4 is 4.90 Å². The van der Waals surface area contributed by atoms with Gasteiger partial charge in [-0.2, -0.15) is 0 Å². The third-order valence-electron chi connectivity index (χ3n) is 8.91. The van der Waals surface area contributed by atoms with E-state index in [0.29, 0.717) is 38.3 Å². The lowest BCUT2D eigenvalue weighted by Crippen LogP contribution is -2.48. The van der Waals surface area contributed by atoms with Crippen molar-refractivity contribution in [2.45, 2.75) is 78.0 Å². The van der Waals surface area contributed by atoms with Crippen LogP contribution in [-0.2, 0) is 14.3 Å². The van der Waals surface area contributed by atoms with E-state index in [9.17, 15) is 23.9 Å². The maximum Gasteiger partial charge on any atom is 0.410 e. The van der Waals surface area contributed by atoms with Crippen molar-refractivity contribution in [2.24, 2.45) is 17.8 Å². The van der Waals surface area contributed by atoms with Gasteiger partial charge in [0, 0.05) is 56.8 Å². The molecule has 3 rings (SSSR count). The Labute approximate surface area is 256 Å². The summed E-state index contributed by atoms with van der Waals surface area (Å²) in [5.74, 6) is -1.08. The molecule has 0 radical (unpaired) electrons. The number of aldehydes is 2. The summed E-state index contributed by atoms with van der Waals surface area (Å²) >= 11 is 0. The summed E-state index contributed by atoms with van der Waals surface area (Å²) in [6.45, 7) is 11.6. The van der Waals surface area contributed by atoms with E-state index in [0.717, 1.165) is 55.6 Å². The van der Waals surface area contributed by atoms with Gasteiger partial charge in [0.05, 0.1) is 6.10 Å². The molecule has 1 aromatic carbocycles. The molecule has 1 amide bonds. The smallest absolute Gasteiger partial charge is 0.410 e. The molecule has 9 heteroatoms. The van der Waals surface area contributed by atoms with Crippen LogP contribution in [0.5, 0.6) is 0 Å². The summed E-state index contributed by atoms with van der Waals surface area (Å²) in [4.78, 5) is 42.2. The number of nitrogens with zero attached hydrogens (tertiary/aromatic N) is 3. The zero-order valence-corrected chi connectivity index (χ0v) is 26.5. The number of anilines is 1. The van der Waals surface area contributed by atoms with Crippen molar-refractivity contribution >= 4 is 30.4 Å². The van der Waals surface area contributed by atoms with Crippen molar-refractivity contribution < 1.29 is 28.6 Å². The number of amides is 1. The van der Waals surface area contributed by atoms with Gasteiger partial charge in [-0.1, -0.05) is 31.6 Å². The monoisotopic (exact) mass is 599 g/mol. The van der Waals surface area contributed by atoms with E-state index in [1.807, 2.05) is 52.1 Å². The van der Waals surface area contributed by atoms with Crippen LogP contribution in [0.3, 0.4) is 0 Å². The average molecular weight is 600 g/mol. The first-order valence-corrected chi connectivity index (χ1v) is 15.7. The van der Waals surface area contributed by atoms with Gasteiger partial charge in [0.2, 0.25) is 0 Å². The Balaban J connectivity index is 1.75. The van der Waals surface area contributed by atoms with Crippen LogP contribution >= 0.6 is 0 Å². The Morgan fingerprint density at radius 2 is 1.81 bits per heavy atom. The summed E-state index contributed by atoms with van der Waals surface area (Å²) in [5, 5.41) is 10.1. The standard InChI is InChI=1S/C34H50FN3O5/c1-24(32(23-40)26(3)19-28-20-29(35)22-30(21-28)38-13-6-7-27(38)4)9-11-33(25(2)8-10-31(41)12-18-39)43-34(42)37-16-14-36(5)15-17-37/h9,11,18-25,27,31-33,41H,6-8,10,12-17H2,1-5H3/b11-9+,26-19+/t24-,25+,27-,31-,32-,33-/m0/s1. The summed E-state index contributed by atoms with van der Waals surface area (Å²) in [7, 11) is 2.02. The third kappa shape index (κ3) is 10.3. The number of hydrogen-bond donors (Lipinski definition) is 1. The van der Waals surface area contributed by atoms with Gasteiger partial charge in [-0.25, -0.2) is 9.18 Å². The van der Waals surface area contributed by atoms with Gasteiger partial charge in [0.1, 0.15) is 24.5 Å². The van der Waals surface area contributed by atoms with E-state index >= 15 is 0 Å². The summed E-state index contributed by atoms with van der Waals surface area (Å²) in [6, 6.07) is 5.40. The molecule has 0 aromatic heterocycles. The number of halogens is 1. The summed E-state index contributed by atoms with van der Waals surface area (Å²) in [5.41, 5.74) is 2.39. The number of rotatable bonds is 14. The largest absolute Gasteiger partial charge is 0.442 e. The Kier molecular flexibility index (Phi) is 13.4. The molecule has 6 atom stereocenters. The SMILES string of the molecule is C/C(=C\c1cc(F)cc(N2CCC[C@@H]2C)c1)[C@@H](C=O)[C@@H](C)/C=C/[C@H](OC(=O)N1CCN(C)CC1)[C@H](C)CC[C@H](O)CC=O. The molecule has 0 aliphatic carbocycles. The Hall–Kier alpha value is -3.04. The molecule has 0 saturated carbocycles. The molecule has 2 saturated heterocycles. The Morgan fingerprint density at radius 1 is 1.09 bits per heavy atom. The van der Waals surface area contributed by atoms with E-state index < -0.39 is 18.1 Å². The molecule has 2 fully saturated rings. The molecule has 2 heterocycles. The molecular formula is C34H50FN3O5. The van der Waals surface area contributed by atoms with E-state index in [1.54, 1.807) is 11.0 Å². The second kappa shape index (κ2) is 16.7. The minimum atomic E-state index is -0.735. The van der Waals surface area contributed by atoms with Gasteiger partial charge in [-0.3, -0.25) is 0 Å². The highest BCUT2D eigenvalue weighted by atomic mass is 19.1. The van der Waals surface area contributed by atoms with Crippen LogP contribution in [0.15, 0.2) is 35.9 Å². The van der Waals surface area contributed by atoms with Gasteiger partial charge in [0.15, 0.2) is 0 Å². The van der Waals surface area contributed by atoms with Crippen LogP contribution in [0, 0.1) is 23.6 Å². The lowest BCUT2D eigenvalue weighted by atomic mass is 9.86. The minimum Gasteiger partial charge on any atom is -0.442 e. The molecule has 8 nitrogen and oxygen atoms in total. The molecule has 0 spiro atoms. The van der Waals surface area contributed by atoms with Gasteiger partial charge in [0.25, 0.3) is 0 Å². The fourth-order valence-electron chi connectivity index (χ4n) is 5.95. The third-order valence-corrected chi connectivity index (χ3v) is 8.91. The predicted octanol–water partition coefficient (Wildman–Crippen LogP) is 5.34. The molecule has 1 aromatic rings. The number of piperazine rings is 1. The number of benzene rings is 1. The molecule has 2 aliphatic heterocycles. The fraction of sp³-hybridized carbons (Fsp3) is 0.618. The molecule has 43 heavy (non-hydrogen) atoms. The van der Waals surface area contributed by atoms with Gasteiger partial charge in [-0.05, 0) is 88.3 Å². The van der Waals surface area contributed by atoms with Crippen LogP contribution in [0.25, 0.3) is 6.08 Å². The number of likely N-dealkylation sites (N-methyl/N-ethyl adjacent to an activating group) is 1. The molecule has 1 N–H and O–H groups in total. The molecule has 238 valence electrons. The number of carbonyl (C=O) groups is 3. The number of carbonyl (C=O) groups excluding carboxylic acids is 3. The number of ether oxygens (including phenoxy) is 1. The molecule has 0 bridgehead atoms. The topological polar surface area (TPSA) is 90.4 Å². The Bertz CT molecular complexity index is 1130. The van der Waals surface area contributed by atoms with E-state index in [1.165, 1.54) is 6.07 Å². The quantitative estimate of drug-likeness (QED) is 0.228. The maximum atomic E-state index is 14.6. The lowest BCUT2D eigenvalue weighted by Gasteiger charge is -2.33. The summed E-state index contributed by atoms with van der Waals surface area (Å²) < 4.78 is 20.5. The first kappa shape index (κ1) is 34.5. The maximum absolute atomic E-state index is 14.6. The van der Waals surface area contributed by atoms with Crippen LogP contribution in [-0.4, -0.2) is 91.6 Å². The van der Waals surface area contributed by atoms with Gasteiger partial charge >= 0.3 is 6.09 Å². The van der Waals surface area contributed by atoms with Crippen LogP contribution in [0.4, 0.5) is 14.9 Å². The van der Waals surface area contributed by atoms with Crippen molar-refractivity contribution in [1.82, 2.24) is 9.80 Å². The highest BCUT2D eigenvalue weighted by molar-refractivity contribution is 5.69. The van der Waals surface area contributed by atoms with Crippen LogP contribution in [0.1, 0.15) is 65.4 Å². The van der Waals surface area contributed by atoms with Crippen molar-refractivity contribution in [3.8, 4) is 0 Å². The number of aliphatic hydroxyl groups is 1. The lowest BCUT2D eigenvalue weighted by molar-refractivity contribution is -0.111. The van der Waals surface area contributed by atoms with E-state index in [2.05, 4.69) is 16.7 Å². The van der Waals surface area contributed by atoms with Crippen molar-refractivity contribution in [3.05, 3.63) is 47.3 Å². The van der Waals surface area contributed by atoms with E-state index in [4.69, 9.17) is 4.74 Å². The number of allylic oxidation sites excluding steroid dienone is 2. The zero-order valence-electron chi connectivity index (χ0n) is 26.5. The van der Waals surface area contributed by atoms with Crippen LogP contribution in [0.2, 0.25) is 0 Å². The minimum absolute atomic E-state index is 0.0713. The highest BCUT2D eigenvalue weighted by Gasteiger charge is 2.27. The van der Waals surface area contributed by atoms with E-state index in [-0.39, 0.29) is 30.2 Å². The zero-order chi connectivity index (χ0) is 31.5. The second-order valence-corrected chi connectivity index (χ2v) is 12.5. The van der Waals surface area contributed by atoms with Gasteiger partial charge < -0.3 is 34.1 Å². The van der Waals surface area contributed by atoms with Crippen molar-refractivity contribution in [1.29, 1.82) is 0 Å². The fourth-order valence-corrected chi connectivity index (χ4v) is 5.95. The average Bonchev–Trinajstić information content (AvgIpc) is 3.40. The van der Waals surface area contributed by atoms with Crippen molar-refractivity contribution in [2.75, 3.05) is 44.7 Å². The normalized spacial score (nSPS) is 21.8. The first-order valence-electron chi connectivity index (χ1n) is 15.7. The molecule has 0 unspecified atom stereocenters. The second-order valence-electron chi connectivity index (χ2n) is 12.5.